The average Bonchev–Trinajstić information content (AvgIpc) is 2.70. The van der Waals surface area contributed by atoms with Gasteiger partial charge in [-0.25, -0.2) is 0 Å². The van der Waals surface area contributed by atoms with Crippen LogP contribution in [0.1, 0.15) is 0 Å². The third-order valence-corrected chi connectivity index (χ3v) is 6.48. The molecule has 4 aromatic carbocycles. The standard InChI is InChI=1S/C20H14N2O7S2.Ca/c23-17-11-8-12-4-1-2-5-13(12)19(17)22-21-16-10-9-14-15(20(16)31(27,28)29)6-3-7-18(14)30(24,25)26;/h1-11,23H,(H,24,25,26)(H,27,28,29);. The van der Waals surface area contributed by atoms with Crippen molar-refractivity contribution in [1.29, 1.82) is 0 Å². The number of fused-ring (bicyclic) bond motifs is 2. The summed E-state index contributed by atoms with van der Waals surface area (Å²) in [4.78, 5) is -1.20. The van der Waals surface area contributed by atoms with Gasteiger partial charge in [0.1, 0.15) is 26.9 Å². The minimum absolute atomic E-state index is 0. The Morgan fingerprint density at radius 1 is 0.656 bits per heavy atom. The molecular weight excluding hydrogens is 484 g/mol. The van der Waals surface area contributed by atoms with E-state index in [1.807, 2.05) is 0 Å². The number of nitrogens with zero attached hydrogens (tertiary/aromatic N) is 2. The van der Waals surface area contributed by atoms with Crippen LogP contribution in [0.2, 0.25) is 0 Å². The summed E-state index contributed by atoms with van der Waals surface area (Å²) in [5.74, 6) is -0.190. The van der Waals surface area contributed by atoms with Crippen LogP contribution in [-0.4, -0.2) is 68.8 Å². The van der Waals surface area contributed by atoms with Crippen LogP contribution in [0.15, 0.2) is 86.7 Å². The maximum Gasteiger partial charge on any atom is 0.297 e. The van der Waals surface area contributed by atoms with Gasteiger partial charge < -0.3 is 5.11 Å². The van der Waals surface area contributed by atoms with Gasteiger partial charge >= 0.3 is 0 Å². The topological polar surface area (TPSA) is 154 Å². The molecule has 0 amide bonds. The van der Waals surface area contributed by atoms with Crippen LogP contribution in [0.25, 0.3) is 21.5 Å². The smallest absolute Gasteiger partial charge is 0.297 e. The van der Waals surface area contributed by atoms with Crippen LogP contribution in [0.5, 0.6) is 5.75 Å². The van der Waals surface area contributed by atoms with Crippen LogP contribution in [-0.2, 0) is 20.2 Å². The van der Waals surface area contributed by atoms with Gasteiger partial charge in [0.15, 0.2) is 0 Å². The van der Waals surface area contributed by atoms with E-state index >= 15 is 0 Å². The first-order valence-electron chi connectivity index (χ1n) is 8.70. The van der Waals surface area contributed by atoms with Crippen molar-refractivity contribution >= 4 is 90.9 Å². The van der Waals surface area contributed by atoms with E-state index in [1.165, 1.54) is 24.3 Å². The third-order valence-electron chi connectivity index (χ3n) is 4.62. The number of hydrogen-bond donors (Lipinski definition) is 3. The fourth-order valence-electron chi connectivity index (χ4n) is 3.32. The molecule has 3 N–H and O–H groups in total. The number of hydrogen-bond acceptors (Lipinski definition) is 7. The van der Waals surface area contributed by atoms with Crippen molar-refractivity contribution in [2.24, 2.45) is 10.2 Å². The molecule has 0 bridgehead atoms. The number of azo groups is 1. The van der Waals surface area contributed by atoms with Gasteiger partial charge in [-0.15, -0.1) is 10.2 Å². The van der Waals surface area contributed by atoms with E-state index in [1.54, 1.807) is 30.3 Å². The Bertz CT molecular complexity index is 1600. The molecule has 4 rings (SSSR count). The van der Waals surface area contributed by atoms with Gasteiger partial charge in [-0.3, -0.25) is 9.11 Å². The number of benzene rings is 4. The molecule has 0 fully saturated rings. The zero-order valence-electron chi connectivity index (χ0n) is 16.2. The van der Waals surface area contributed by atoms with Crippen molar-refractivity contribution in [3.63, 3.8) is 0 Å². The van der Waals surface area contributed by atoms with Crippen LogP contribution in [0, 0.1) is 0 Å². The van der Waals surface area contributed by atoms with Gasteiger partial charge in [0, 0.05) is 53.9 Å². The predicted octanol–water partition coefficient (Wildman–Crippen LogP) is 4.23. The van der Waals surface area contributed by atoms with E-state index in [2.05, 4.69) is 10.2 Å². The molecule has 0 atom stereocenters. The summed E-state index contributed by atoms with van der Waals surface area (Å²) in [5, 5.41) is 19.1. The average molecular weight is 499 g/mol. The van der Waals surface area contributed by atoms with Crippen LogP contribution in [0.3, 0.4) is 0 Å². The predicted molar refractivity (Wildman–Crippen MR) is 119 cm³/mol. The first-order valence-corrected chi connectivity index (χ1v) is 11.6. The van der Waals surface area contributed by atoms with Crippen molar-refractivity contribution in [2.75, 3.05) is 0 Å². The molecule has 0 aliphatic carbocycles. The summed E-state index contributed by atoms with van der Waals surface area (Å²) in [6.07, 6.45) is 0. The normalized spacial score (nSPS) is 12.3. The Labute approximate surface area is 212 Å². The van der Waals surface area contributed by atoms with E-state index in [0.29, 0.717) is 5.39 Å². The fraction of sp³-hybridized carbons (Fsp3) is 0. The molecule has 9 nitrogen and oxygen atoms in total. The van der Waals surface area contributed by atoms with Gasteiger partial charge in [0.05, 0.1) is 0 Å². The van der Waals surface area contributed by atoms with Gasteiger partial charge in [0.2, 0.25) is 0 Å². The van der Waals surface area contributed by atoms with Gasteiger partial charge in [0.25, 0.3) is 20.2 Å². The first kappa shape index (κ1) is 24.5. The Morgan fingerprint density at radius 3 is 2.03 bits per heavy atom. The summed E-state index contributed by atoms with van der Waals surface area (Å²) in [7, 11) is -9.53. The largest absolute Gasteiger partial charge is 0.506 e. The molecule has 0 spiro atoms. The molecule has 32 heavy (non-hydrogen) atoms. The fourth-order valence-corrected chi connectivity index (χ4v) is 4.85. The van der Waals surface area contributed by atoms with Crippen LogP contribution in [0.4, 0.5) is 11.4 Å². The van der Waals surface area contributed by atoms with Crippen molar-refractivity contribution in [2.45, 2.75) is 9.79 Å². The summed E-state index contributed by atoms with van der Waals surface area (Å²) in [6.45, 7) is 0. The molecule has 0 aliphatic heterocycles. The van der Waals surface area contributed by atoms with Crippen molar-refractivity contribution in [3.05, 3.63) is 66.7 Å². The van der Waals surface area contributed by atoms with Crippen LogP contribution < -0.4 is 0 Å². The maximum absolute atomic E-state index is 12.1. The molecule has 0 saturated heterocycles. The molecule has 160 valence electrons. The van der Waals surface area contributed by atoms with E-state index in [0.717, 1.165) is 17.5 Å². The molecule has 0 aliphatic rings. The Hall–Kier alpha value is -2.12. The zero-order valence-corrected chi connectivity index (χ0v) is 20.1. The van der Waals surface area contributed by atoms with Crippen molar-refractivity contribution < 1.29 is 31.0 Å². The van der Waals surface area contributed by atoms with Crippen molar-refractivity contribution in [3.8, 4) is 5.75 Å². The van der Waals surface area contributed by atoms with Crippen LogP contribution >= 0.6 is 0 Å². The van der Waals surface area contributed by atoms with E-state index in [-0.39, 0.29) is 65.6 Å². The SMILES string of the molecule is O=S(=O)(O)c1cccc2c(S(=O)(=O)O)c(N=Nc3c(O)ccc4ccccc34)ccc12.[Ca]. The third kappa shape index (κ3) is 4.64. The van der Waals surface area contributed by atoms with Gasteiger partial charge in [-0.05, 0) is 23.6 Å². The summed E-state index contributed by atoms with van der Waals surface area (Å²) in [5.41, 5.74) is -0.194. The quantitative estimate of drug-likeness (QED) is 0.216. The zero-order chi connectivity index (χ0) is 22.4. The molecule has 0 heterocycles. The number of rotatable bonds is 4. The van der Waals surface area contributed by atoms with Gasteiger partial charge in [-0.1, -0.05) is 48.5 Å². The summed E-state index contributed by atoms with van der Waals surface area (Å²) in [6, 6.07) is 16.1. The number of phenolic OH excluding ortho intramolecular Hbond substituents is 1. The number of aromatic hydroxyl groups is 1. The Balaban J connectivity index is 0.00000289. The van der Waals surface area contributed by atoms with Crippen molar-refractivity contribution in [1.82, 2.24) is 0 Å². The first-order chi connectivity index (χ1) is 14.6. The molecular formula is C20H14CaN2O7S2. The number of phenols is 1. The Morgan fingerprint density at radius 2 is 1.34 bits per heavy atom. The molecule has 0 saturated carbocycles. The summed E-state index contributed by atoms with van der Waals surface area (Å²) < 4.78 is 66.7. The minimum Gasteiger partial charge on any atom is -0.506 e. The second kappa shape index (κ2) is 9.02. The second-order valence-electron chi connectivity index (χ2n) is 6.57. The molecule has 12 heteroatoms. The Kier molecular flexibility index (Phi) is 6.91. The molecule has 0 unspecified atom stereocenters. The van der Waals surface area contributed by atoms with Gasteiger partial charge in [-0.2, -0.15) is 16.8 Å². The monoisotopic (exact) mass is 498 g/mol. The molecule has 2 radical (unpaired) electrons. The summed E-state index contributed by atoms with van der Waals surface area (Å²) >= 11 is 0. The minimum atomic E-state index is -4.87. The maximum atomic E-state index is 12.1. The van der Waals surface area contributed by atoms with E-state index < -0.39 is 30.0 Å². The van der Waals surface area contributed by atoms with E-state index in [4.69, 9.17) is 0 Å². The second-order valence-corrected chi connectivity index (χ2v) is 9.32. The van der Waals surface area contributed by atoms with E-state index in [9.17, 15) is 31.0 Å². The molecule has 4 aromatic rings. The molecule has 0 aromatic heterocycles.